The molecule has 0 aliphatic carbocycles. The number of hydrogen-bond acceptors (Lipinski definition) is 4. The number of amides is 1. The lowest BCUT2D eigenvalue weighted by molar-refractivity contribution is -0.141. The van der Waals surface area contributed by atoms with Crippen molar-refractivity contribution in [2.45, 2.75) is 19.9 Å². The molecule has 5 nitrogen and oxygen atoms in total. The third kappa shape index (κ3) is 3.94. The second kappa shape index (κ2) is 7.97. The molecule has 0 aliphatic heterocycles. The monoisotopic (exact) mass is 432 g/mol. The molecule has 26 heavy (non-hydrogen) atoms. The highest BCUT2D eigenvalue weighted by molar-refractivity contribution is 9.10. The van der Waals surface area contributed by atoms with Crippen molar-refractivity contribution in [2.24, 2.45) is 4.99 Å². The molecule has 3 rings (SSSR count). The number of carbonyl (C=O) groups excluding carboxylic acids is 2. The zero-order chi connectivity index (χ0) is 18.7. The van der Waals surface area contributed by atoms with Gasteiger partial charge in [0.25, 0.3) is 5.91 Å². The predicted octanol–water partition coefficient (Wildman–Crippen LogP) is 3.94. The number of benzene rings is 2. The molecular formula is C19H17BrN2O3S. The Morgan fingerprint density at radius 1 is 1.19 bits per heavy atom. The Labute approximate surface area is 163 Å². The van der Waals surface area contributed by atoms with E-state index in [-0.39, 0.29) is 18.4 Å². The van der Waals surface area contributed by atoms with E-state index in [2.05, 4.69) is 33.9 Å². The first kappa shape index (κ1) is 18.5. The number of thiazole rings is 1. The first-order chi connectivity index (χ1) is 12.5. The Kier molecular flexibility index (Phi) is 5.68. The molecule has 0 N–H and O–H groups in total. The SMILES string of the molecule is CCc1ccc2c(c1)sc(=NC(=O)c1ccc(Br)cc1)n2CC(=O)OC. The number of halogens is 1. The third-order valence-electron chi connectivity index (χ3n) is 3.96. The van der Waals surface area contributed by atoms with Crippen molar-refractivity contribution in [2.75, 3.05) is 7.11 Å². The molecule has 1 heterocycles. The van der Waals surface area contributed by atoms with E-state index in [0.717, 1.165) is 21.1 Å². The average molecular weight is 433 g/mol. The summed E-state index contributed by atoms with van der Waals surface area (Å²) < 4.78 is 8.39. The second-order valence-electron chi connectivity index (χ2n) is 5.63. The summed E-state index contributed by atoms with van der Waals surface area (Å²) in [6.45, 7) is 2.09. The Morgan fingerprint density at radius 3 is 2.58 bits per heavy atom. The van der Waals surface area contributed by atoms with Gasteiger partial charge in [0.05, 0.1) is 17.3 Å². The number of aromatic nitrogens is 1. The smallest absolute Gasteiger partial charge is 0.325 e. The Hall–Kier alpha value is -2.25. The fraction of sp³-hybridized carbons (Fsp3) is 0.211. The number of ether oxygens (including phenoxy) is 1. The molecule has 1 aromatic heterocycles. The van der Waals surface area contributed by atoms with E-state index in [1.165, 1.54) is 24.0 Å². The third-order valence-corrected chi connectivity index (χ3v) is 5.53. The molecule has 0 spiro atoms. The number of carbonyl (C=O) groups is 2. The van der Waals surface area contributed by atoms with Gasteiger partial charge in [-0.2, -0.15) is 4.99 Å². The van der Waals surface area contributed by atoms with Gasteiger partial charge in [-0.1, -0.05) is 40.3 Å². The van der Waals surface area contributed by atoms with Gasteiger partial charge < -0.3 is 9.30 Å². The van der Waals surface area contributed by atoms with Gasteiger partial charge in [-0.15, -0.1) is 0 Å². The van der Waals surface area contributed by atoms with Crippen molar-refractivity contribution in [1.82, 2.24) is 4.57 Å². The molecular weight excluding hydrogens is 416 g/mol. The van der Waals surface area contributed by atoms with Gasteiger partial charge >= 0.3 is 5.97 Å². The van der Waals surface area contributed by atoms with Crippen molar-refractivity contribution < 1.29 is 14.3 Å². The van der Waals surface area contributed by atoms with Crippen LogP contribution in [0.25, 0.3) is 10.2 Å². The van der Waals surface area contributed by atoms with Crippen LogP contribution in [0, 0.1) is 0 Å². The van der Waals surface area contributed by atoms with Crippen LogP contribution < -0.4 is 4.80 Å². The molecule has 0 radical (unpaired) electrons. The molecule has 0 fully saturated rings. The largest absolute Gasteiger partial charge is 0.468 e. The second-order valence-corrected chi connectivity index (χ2v) is 7.55. The van der Waals surface area contributed by atoms with Gasteiger partial charge in [-0.3, -0.25) is 9.59 Å². The van der Waals surface area contributed by atoms with Crippen molar-refractivity contribution in [3.63, 3.8) is 0 Å². The van der Waals surface area contributed by atoms with Gasteiger partial charge in [-0.05, 0) is 48.4 Å². The summed E-state index contributed by atoms with van der Waals surface area (Å²) in [7, 11) is 1.34. The van der Waals surface area contributed by atoms with Crippen LogP contribution in [0.15, 0.2) is 51.9 Å². The van der Waals surface area contributed by atoms with Crippen LogP contribution in [-0.2, 0) is 22.5 Å². The van der Waals surface area contributed by atoms with Crippen molar-refractivity contribution in [3.8, 4) is 0 Å². The van der Waals surface area contributed by atoms with Gasteiger partial charge in [0.1, 0.15) is 6.54 Å². The molecule has 0 bridgehead atoms. The molecule has 134 valence electrons. The fourth-order valence-corrected chi connectivity index (χ4v) is 3.87. The maximum Gasteiger partial charge on any atom is 0.325 e. The van der Waals surface area contributed by atoms with Crippen molar-refractivity contribution in [3.05, 3.63) is 62.9 Å². The quantitative estimate of drug-likeness (QED) is 0.586. The van der Waals surface area contributed by atoms with E-state index in [1.807, 2.05) is 12.1 Å². The zero-order valence-electron chi connectivity index (χ0n) is 14.4. The summed E-state index contributed by atoms with van der Waals surface area (Å²) >= 11 is 4.74. The highest BCUT2D eigenvalue weighted by atomic mass is 79.9. The van der Waals surface area contributed by atoms with Gasteiger partial charge in [0.2, 0.25) is 0 Å². The molecule has 7 heteroatoms. The van der Waals surface area contributed by atoms with Gasteiger partial charge in [-0.25, -0.2) is 0 Å². The average Bonchev–Trinajstić information content (AvgIpc) is 2.98. The van der Waals surface area contributed by atoms with E-state index in [0.29, 0.717) is 10.4 Å². The van der Waals surface area contributed by atoms with Gasteiger partial charge in [0, 0.05) is 10.0 Å². The normalized spacial score (nSPS) is 11.7. The molecule has 0 aliphatic rings. The van der Waals surface area contributed by atoms with Crippen LogP contribution in [0.1, 0.15) is 22.8 Å². The first-order valence-electron chi connectivity index (χ1n) is 8.05. The van der Waals surface area contributed by atoms with E-state index in [4.69, 9.17) is 4.74 Å². The summed E-state index contributed by atoms with van der Waals surface area (Å²) in [4.78, 5) is 29.1. The Balaban J connectivity index is 2.13. The lowest BCUT2D eigenvalue weighted by Gasteiger charge is -2.04. The maximum absolute atomic E-state index is 12.5. The lowest BCUT2D eigenvalue weighted by Crippen LogP contribution is -2.22. The van der Waals surface area contributed by atoms with Crippen LogP contribution >= 0.6 is 27.3 Å². The van der Waals surface area contributed by atoms with E-state index in [9.17, 15) is 9.59 Å². The highest BCUT2D eigenvalue weighted by Gasteiger charge is 2.13. The van der Waals surface area contributed by atoms with E-state index >= 15 is 0 Å². The van der Waals surface area contributed by atoms with E-state index in [1.54, 1.807) is 28.8 Å². The standard InChI is InChI=1S/C19H17BrN2O3S/c1-3-12-4-9-15-16(10-12)26-19(22(15)11-17(23)25-2)21-18(24)13-5-7-14(20)8-6-13/h4-10H,3,11H2,1-2H3. The molecule has 1 amide bonds. The molecule has 2 aromatic carbocycles. The summed E-state index contributed by atoms with van der Waals surface area (Å²) in [6, 6.07) is 13.1. The lowest BCUT2D eigenvalue weighted by atomic mass is 10.2. The first-order valence-corrected chi connectivity index (χ1v) is 9.66. The summed E-state index contributed by atoms with van der Waals surface area (Å²) in [6.07, 6.45) is 0.912. The van der Waals surface area contributed by atoms with Crippen LogP contribution in [0.5, 0.6) is 0 Å². The van der Waals surface area contributed by atoms with Crippen molar-refractivity contribution >= 4 is 49.4 Å². The summed E-state index contributed by atoms with van der Waals surface area (Å²) in [5.41, 5.74) is 2.54. The predicted molar refractivity (Wildman–Crippen MR) is 105 cm³/mol. The zero-order valence-corrected chi connectivity index (χ0v) is 16.8. The van der Waals surface area contributed by atoms with Gasteiger partial charge in [0.15, 0.2) is 4.80 Å². The Morgan fingerprint density at radius 2 is 1.92 bits per heavy atom. The van der Waals surface area contributed by atoms with Crippen LogP contribution in [0.2, 0.25) is 0 Å². The Bertz CT molecular complexity index is 1040. The molecule has 0 saturated heterocycles. The highest BCUT2D eigenvalue weighted by Crippen LogP contribution is 2.20. The number of fused-ring (bicyclic) bond motifs is 1. The topological polar surface area (TPSA) is 60.7 Å². The fourth-order valence-electron chi connectivity index (χ4n) is 2.51. The maximum atomic E-state index is 12.5. The van der Waals surface area contributed by atoms with E-state index < -0.39 is 0 Å². The number of rotatable bonds is 4. The number of methoxy groups -OCH3 is 1. The molecule has 0 saturated carbocycles. The minimum absolute atomic E-state index is 0.00836. The van der Waals surface area contributed by atoms with Crippen LogP contribution in [0.3, 0.4) is 0 Å². The number of aryl methyl sites for hydroxylation is 1. The van der Waals surface area contributed by atoms with Crippen LogP contribution in [-0.4, -0.2) is 23.6 Å². The molecule has 0 atom stereocenters. The number of nitrogens with zero attached hydrogens (tertiary/aromatic N) is 2. The minimum atomic E-state index is -0.387. The minimum Gasteiger partial charge on any atom is -0.468 e. The van der Waals surface area contributed by atoms with Crippen molar-refractivity contribution in [1.29, 1.82) is 0 Å². The summed E-state index contributed by atoms with van der Waals surface area (Å²) in [5, 5.41) is 0. The summed E-state index contributed by atoms with van der Waals surface area (Å²) in [5.74, 6) is -0.736. The number of hydrogen-bond donors (Lipinski definition) is 0. The molecule has 3 aromatic rings. The van der Waals surface area contributed by atoms with Crippen LogP contribution in [0.4, 0.5) is 0 Å². The molecule has 0 unspecified atom stereocenters. The number of esters is 1.